The third kappa shape index (κ3) is 3.47. The number of fused-ring (bicyclic) bond motifs is 1. The molecule has 1 aromatic carbocycles. The van der Waals surface area contributed by atoms with Crippen LogP contribution in [0.15, 0.2) is 36.8 Å². The predicted molar refractivity (Wildman–Crippen MR) is 83.8 cm³/mol. The molecule has 1 aliphatic rings. The molecule has 1 aromatic heterocycles. The number of carbonyl (C=O) groups excluding carboxylic acids is 1. The molecule has 0 aliphatic carbocycles. The molecule has 22 heavy (non-hydrogen) atoms. The van der Waals surface area contributed by atoms with Crippen molar-refractivity contribution in [1.29, 1.82) is 0 Å². The van der Waals surface area contributed by atoms with E-state index in [1.54, 1.807) is 7.11 Å². The molecule has 1 N–H and O–H groups in total. The van der Waals surface area contributed by atoms with Crippen LogP contribution in [0.3, 0.4) is 0 Å². The van der Waals surface area contributed by atoms with Gasteiger partial charge in [0.25, 0.3) is 0 Å². The number of benzene rings is 1. The molecule has 2 heterocycles. The summed E-state index contributed by atoms with van der Waals surface area (Å²) < 4.78 is 7.28. The smallest absolute Gasteiger partial charge is 0.220 e. The van der Waals surface area contributed by atoms with Gasteiger partial charge in [0.05, 0.1) is 13.4 Å². The molecule has 3 rings (SSSR count). The van der Waals surface area contributed by atoms with Gasteiger partial charge in [-0.15, -0.1) is 0 Å². The van der Waals surface area contributed by atoms with Gasteiger partial charge in [0.2, 0.25) is 5.91 Å². The summed E-state index contributed by atoms with van der Waals surface area (Å²) in [6.07, 6.45) is 6.85. The molecule has 0 bridgehead atoms. The standard InChI is InChI=1S/C17H21N3O2/c1-22-16-5-2-13(3-6-16)4-7-17(21)19-14-8-9-20-12-18-11-15(20)10-14/h2-3,5-6,11-12,14H,4,7-10H2,1H3,(H,19,21). The number of ether oxygens (including phenoxy) is 1. The summed E-state index contributed by atoms with van der Waals surface area (Å²) >= 11 is 0. The number of nitrogens with one attached hydrogen (secondary N) is 1. The zero-order chi connectivity index (χ0) is 15.4. The van der Waals surface area contributed by atoms with Crippen molar-refractivity contribution in [3.63, 3.8) is 0 Å². The molecule has 0 spiro atoms. The molecule has 0 saturated heterocycles. The van der Waals surface area contributed by atoms with Crippen LogP contribution in [0.2, 0.25) is 0 Å². The van der Waals surface area contributed by atoms with Crippen molar-refractivity contribution in [3.8, 4) is 5.75 Å². The van der Waals surface area contributed by atoms with Crippen molar-refractivity contribution in [3.05, 3.63) is 48.0 Å². The van der Waals surface area contributed by atoms with Crippen molar-refractivity contribution in [2.24, 2.45) is 0 Å². The molecular formula is C17H21N3O2. The van der Waals surface area contributed by atoms with Crippen LogP contribution in [-0.2, 0) is 24.2 Å². The van der Waals surface area contributed by atoms with Crippen molar-refractivity contribution >= 4 is 5.91 Å². The van der Waals surface area contributed by atoms with E-state index in [9.17, 15) is 4.79 Å². The molecular weight excluding hydrogens is 278 g/mol. The molecule has 0 fully saturated rings. The molecule has 0 saturated carbocycles. The van der Waals surface area contributed by atoms with Crippen LogP contribution in [0.4, 0.5) is 0 Å². The molecule has 1 amide bonds. The van der Waals surface area contributed by atoms with Crippen molar-refractivity contribution < 1.29 is 9.53 Å². The quantitative estimate of drug-likeness (QED) is 0.918. The summed E-state index contributed by atoms with van der Waals surface area (Å²) in [7, 11) is 1.65. The number of rotatable bonds is 5. The maximum atomic E-state index is 12.1. The van der Waals surface area contributed by atoms with Gasteiger partial charge in [-0.3, -0.25) is 4.79 Å². The summed E-state index contributed by atoms with van der Waals surface area (Å²) in [5.41, 5.74) is 2.35. The second-order valence-electron chi connectivity index (χ2n) is 5.68. The average molecular weight is 299 g/mol. The fourth-order valence-corrected chi connectivity index (χ4v) is 2.84. The van der Waals surface area contributed by atoms with Crippen LogP contribution in [0.1, 0.15) is 24.1 Å². The fraction of sp³-hybridized carbons (Fsp3) is 0.412. The average Bonchev–Trinajstić information content (AvgIpc) is 3.01. The maximum Gasteiger partial charge on any atom is 0.220 e. The van der Waals surface area contributed by atoms with Crippen LogP contribution < -0.4 is 10.1 Å². The van der Waals surface area contributed by atoms with E-state index in [0.717, 1.165) is 37.1 Å². The Bertz CT molecular complexity index is 634. The Balaban J connectivity index is 1.46. The Labute approximate surface area is 130 Å². The van der Waals surface area contributed by atoms with Gasteiger partial charge in [0.15, 0.2) is 0 Å². The van der Waals surface area contributed by atoms with E-state index in [1.165, 1.54) is 5.69 Å². The topological polar surface area (TPSA) is 56.1 Å². The summed E-state index contributed by atoms with van der Waals surface area (Å²) in [5.74, 6) is 0.959. The van der Waals surface area contributed by atoms with Gasteiger partial charge in [0.1, 0.15) is 5.75 Å². The molecule has 116 valence electrons. The lowest BCUT2D eigenvalue weighted by molar-refractivity contribution is -0.121. The number of methoxy groups -OCH3 is 1. The van der Waals surface area contributed by atoms with Crippen LogP contribution in [0, 0.1) is 0 Å². The van der Waals surface area contributed by atoms with Gasteiger partial charge in [-0.1, -0.05) is 12.1 Å². The SMILES string of the molecule is COc1ccc(CCC(=O)NC2CCn3cncc3C2)cc1. The van der Waals surface area contributed by atoms with E-state index in [2.05, 4.69) is 14.9 Å². The molecule has 5 nitrogen and oxygen atoms in total. The summed E-state index contributed by atoms with van der Waals surface area (Å²) in [4.78, 5) is 16.2. The Morgan fingerprint density at radius 3 is 3.00 bits per heavy atom. The first-order valence-electron chi connectivity index (χ1n) is 7.66. The molecule has 2 aromatic rings. The Hall–Kier alpha value is -2.30. The Morgan fingerprint density at radius 2 is 2.23 bits per heavy atom. The molecule has 5 heteroatoms. The largest absolute Gasteiger partial charge is 0.497 e. The van der Waals surface area contributed by atoms with Gasteiger partial charge in [-0.25, -0.2) is 4.98 Å². The van der Waals surface area contributed by atoms with Gasteiger partial charge in [-0.05, 0) is 30.5 Å². The van der Waals surface area contributed by atoms with Crippen LogP contribution in [0.25, 0.3) is 0 Å². The van der Waals surface area contributed by atoms with E-state index in [4.69, 9.17) is 4.74 Å². The summed E-state index contributed by atoms with van der Waals surface area (Å²) in [6, 6.07) is 8.09. The van der Waals surface area contributed by atoms with Gasteiger partial charge < -0.3 is 14.6 Å². The number of carbonyl (C=O) groups is 1. The Kier molecular flexibility index (Phi) is 4.42. The normalized spacial score (nSPS) is 16.9. The summed E-state index contributed by atoms with van der Waals surface area (Å²) in [5, 5.41) is 3.14. The number of aromatic nitrogens is 2. The summed E-state index contributed by atoms with van der Waals surface area (Å²) in [6.45, 7) is 0.929. The lowest BCUT2D eigenvalue weighted by Crippen LogP contribution is -2.40. The highest BCUT2D eigenvalue weighted by atomic mass is 16.5. The van der Waals surface area contributed by atoms with Crippen LogP contribution in [-0.4, -0.2) is 28.6 Å². The highest BCUT2D eigenvalue weighted by Gasteiger charge is 2.19. The number of hydrogen-bond acceptors (Lipinski definition) is 3. The zero-order valence-electron chi connectivity index (χ0n) is 12.8. The van der Waals surface area contributed by atoms with Crippen molar-refractivity contribution in [2.75, 3.05) is 7.11 Å². The van der Waals surface area contributed by atoms with Crippen LogP contribution >= 0.6 is 0 Å². The lowest BCUT2D eigenvalue weighted by atomic mass is 10.0. The zero-order valence-corrected chi connectivity index (χ0v) is 12.8. The van der Waals surface area contributed by atoms with Crippen molar-refractivity contribution in [1.82, 2.24) is 14.9 Å². The molecule has 0 radical (unpaired) electrons. The van der Waals surface area contributed by atoms with E-state index in [-0.39, 0.29) is 11.9 Å². The number of aryl methyl sites for hydroxylation is 2. The number of nitrogens with zero attached hydrogens (tertiary/aromatic N) is 2. The van der Waals surface area contributed by atoms with E-state index >= 15 is 0 Å². The van der Waals surface area contributed by atoms with E-state index < -0.39 is 0 Å². The molecule has 1 aliphatic heterocycles. The van der Waals surface area contributed by atoms with Gasteiger partial charge in [0, 0.05) is 37.3 Å². The number of imidazole rings is 1. The number of amides is 1. The fourth-order valence-electron chi connectivity index (χ4n) is 2.84. The Morgan fingerprint density at radius 1 is 1.41 bits per heavy atom. The highest BCUT2D eigenvalue weighted by molar-refractivity contribution is 5.76. The maximum absolute atomic E-state index is 12.1. The second-order valence-corrected chi connectivity index (χ2v) is 5.68. The second kappa shape index (κ2) is 6.64. The number of hydrogen-bond donors (Lipinski definition) is 1. The van der Waals surface area contributed by atoms with Gasteiger partial charge >= 0.3 is 0 Å². The first-order valence-corrected chi connectivity index (χ1v) is 7.66. The molecule has 1 atom stereocenters. The van der Waals surface area contributed by atoms with Gasteiger partial charge in [-0.2, -0.15) is 0 Å². The van der Waals surface area contributed by atoms with E-state index in [1.807, 2.05) is 36.8 Å². The third-order valence-electron chi connectivity index (χ3n) is 4.14. The van der Waals surface area contributed by atoms with Crippen LogP contribution in [0.5, 0.6) is 5.75 Å². The first-order chi connectivity index (χ1) is 10.7. The minimum Gasteiger partial charge on any atom is -0.497 e. The lowest BCUT2D eigenvalue weighted by Gasteiger charge is -2.24. The monoisotopic (exact) mass is 299 g/mol. The highest BCUT2D eigenvalue weighted by Crippen LogP contribution is 2.15. The predicted octanol–water partition coefficient (Wildman–Crippen LogP) is 1.96. The van der Waals surface area contributed by atoms with E-state index in [0.29, 0.717) is 6.42 Å². The first kappa shape index (κ1) is 14.6. The van der Waals surface area contributed by atoms with Crippen molar-refractivity contribution in [2.45, 2.75) is 38.3 Å². The molecule has 1 unspecified atom stereocenters. The minimum atomic E-state index is 0.119. The third-order valence-corrected chi connectivity index (χ3v) is 4.14. The minimum absolute atomic E-state index is 0.119.